The Morgan fingerprint density at radius 3 is 1.86 bits per heavy atom. The highest BCUT2D eigenvalue weighted by molar-refractivity contribution is 7.48. The predicted molar refractivity (Wildman–Crippen MR) is 149 cm³/mol. The number of rotatable bonds is 10. The van der Waals surface area contributed by atoms with Crippen LogP contribution in [0.3, 0.4) is 0 Å². The predicted octanol–water partition coefficient (Wildman–Crippen LogP) is 6.16. The number of nitrogens with one attached hydrogen (secondary N) is 1. The van der Waals surface area contributed by atoms with Crippen LogP contribution in [0, 0.1) is 0 Å². The van der Waals surface area contributed by atoms with E-state index >= 15 is 0 Å². The summed E-state index contributed by atoms with van der Waals surface area (Å²) in [6.45, 7) is 7.59. The number of nitrogens with zero attached hydrogens (tertiary/aromatic N) is 2. The van der Waals surface area contributed by atoms with Gasteiger partial charge in [-0.2, -0.15) is 0 Å². The number of carbonyl (C=O) groups is 1. The summed E-state index contributed by atoms with van der Waals surface area (Å²) in [5.41, 5.74) is 2.89. The molecular formula is C30H38N3O2P. The van der Waals surface area contributed by atoms with Gasteiger partial charge in [-0.25, -0.2) is 4.67 Å². The topological polar surface area (TPSA) is 44.8 Å². The van der Waals surface area contributed by atoms with Crippen LogP contribution in [0.4, 0.5) is 0 Å². The SMILES string of the molecule is CCOP(NC(=O)[C@@H]1CCCN1C(c1ccccc1)(c1ccccc1)c1ccccc1)N(C)C(C)C. The molecule has 1 aliphatic heterocycles. The first-order valence-electron chi connectivity index (χ1n) is 12.9. The van der Waals surface area contributed by atoms with Crippen LogP contribution in [0.5, 0.6) is 0 Å². The third-order valence-electron chi connectivity index (χ3n) is 7.05. The number of hydrogen-bond donors (Lipinski definition) is 1. The first kappa shape index (κ1) is 26.5. The van der Waals surface area contributed by atoms with Crippen LogP contribution in [0.15, 0.2) is 91.0 Å². The molecule has 190 valence electrons. The molecule has 1 fully saturated rings. The van der Waals surface area contributed by atoms with Crippen molar-refractivity contribution in [2.75, 3.05) is 20.2 Å². The molecule has 1 unspecified atom stereocenters. The molecule has 0 aliphatic carbocycles. The number of carbonyl (C=O) groups excluding carboxylic acids is 1. The Balaban J connectivity index is 1.83. The van der Waals surface area contributed by atoms with E-state index < -0.39 is 14.0 Å². The second kappa shape index (κ2) is 12.1. The molecule has 0 saturated carbocycles. The van der Waals surface area contributed by atoms with Crippen LogP contribution in [0.1, 0.15) is 50.3 Å². The smallest absolute Gasteiger partial charge is 0.243 e. The standard InChI is InChI=1S/C30H38N3O2P/c1-5-35-36(32(4)24(2)3)31-29(34)28-22-15-23-33(28)30(25-16-9-6-10-17-25,26-18-11-7-12-19-26)27-20-13-8-14-21-27/h6-14,16-21,24,28H,5,15,22-23H2,1-4H3,(H,31,34)/t28-,36?/m0/s1. The Bertz CT molecular complexity index is 998. The molecule has 0 aromatic heterocycles. The van der Waals surface area contributed by atoms with E-state index in [0.717, 1.165) is 36.1 Å². The van der Waals surface area contributed by atoms with Gasteiger partial charge in [-0.3, -0.25) is 14.8 Å². The zero-order valence-corrected chi connectivity index (χ0v) is 22.7. The molecule has 1 heterocycles. The van der Waals surface area contributed by atoms with Crippen molar-refractivity contribution in [3.63, 3.8) is 0 Å². The molecule has 36 heavy (non-hydrogen) atoms. The van der Waals surface area contributed by atoms with E-state index in [9.17, 15) is 4.79 Å². The number of benzene rings is 3. The van der Waals surface area contributed by atoms with Gasteiger partial charge < -0.3 is 4.52 Å². The number of amides is 1. The zero-order valence-electron chi connectivity index (χ0n) is 21.8. The first-order valence-corrected chi connectivity index (χ1v) is 14.1. The highest BCUT2D eigenvalue weighted by atomic mass is 31.2. The molecule has 0 radical (unpaired) electrons. The van der Waals surface area contributed by atoms with Gasteiger partial charge in [0.2, 0.25) is 14.4 Å². The van der Waals surface area contributed by atoms with E-state index in [1.807, 2.05) is 14.0 Å². The van der Waals surface area contributed by atoms with E-state index in [2.05, 4.69) is 120 Å². The maximum atomic E-state index is 14.0. The minimum absolute atomic E-state index is 0.0340. The van der Waals surface area contributed by atoms with Crippen molar-refractivity contribution in [2.24, 2.45) is 0 Å². The molecule has 6 heteroatoms. The van der Waals surface area contributed by atoms with Gasteiger partial charge in [0.05, 0.1) is 18.2 Å². The van der Waals surface area contributed by atoms with E-state index in [-0.39, 0.29) is 18.0 Å². The van der Waals surface area contributed by atoms with Crippen LogP contribution in [0.2, 0.25) is 0 Å². The summed E-state index contributed by atoms with van der Waals surface area (Å²) in [5.74, 6) is 0.0340. The summed E-state index contributed by atoms with van der Waals surface area (Å²) >= 11 is 0. The van der Waals surface area contributed by atoms with Gasteiger partial charge in [0.1, 0.15) is 0 Å². The molecule has 2 atom stereocenters. The number of hydrogen-bond acceptors (Lipinski definition) is 4. The van der Waals surface area contributed by atoms with Crippen molar-refractivity contribution in [2.45, 2.75) is 51.2 Å². The lowest BCUT2D eigenvalue weighted by Gasteiger charge is -2.46. The summed E-state index contributed by atoms with van der Waals surface area (Å²) in [6, 6.07) is 31.8. The average molecular weight is 504 g/mol. The van der Waals surface area contributed by atoms with Gasteiger partial charge in [0, 0.05) is 12.6 Å². The van der Waals surface area contributed by atoms with Crippen molar-refractivity contribution in [1.29, 1.82) is 0 Å². The molecular weight excluding hydrogens is 465 g/mol. The van der Waals surface area contributed by atoms with Gasteiger partial charge in [-0.05, 0) is 57.4 Å². The molecule has 0 spiro atoms. The normalized spacial score (nSPS) is 17.4. The fourth-order valence-electron chi connectivity index (χ4n) is 5.18. The molecule has 3 aromatic rings. The lowest BCUT2D eigenvalue weighted by molar-refractivity contribution is -0.125. The maximum absolute atomic E-state index is 14.0. The van der Waals surface area contributed by atoms with Gasteiger partial charge in [0.25, 0.3) is 0 Å². The molecule has 4 rings (SSSR count). The summed E-state index contributed by atoms with van der Waals surface area (Å²) in [4.78, 5) is 16.4. The second-order valence-electron chi connectivity index (χ2n) is 9.49. The van der Waals surface area contributed by atoms with E-state index in [0.29, 0.717) is 6.61 Å². The van der Waals surface area contributed by atoms with Gasteiger partial charge in [-0.1, -0.05) is 91.0 Å². The Morgan fingerprint density at radius 2 is 1.44 bits per heavy atom. The molecule has 3 aromatic carbocycles. The van der Waals surface area contributed by atoms with Crippen molar-refractivity contribution < 1.29 is 9.32 Å². The van der Waals surface area contributed by atoms with Crippen molar-refractivity contribution in [3.8, 4) is 0 Å². The van der Waals surface area contributed by atoms with Crippen LogP contribution in [-0.4, -0.2) is 47.8 Å². The Hall–Kier alpha value is -2.56. The fraction of sp³-hybridized carbons (Fsp3) is 0.367. The minimum atomic E-state index is -1.23. The summed E-state index contributed by atoms with van der Waals surface area (Å²) < 4.78 is 8.13. The first-order chi connectivity index (χ1) is 17.5. The third-order valence-corrected chi connectivity index (χ3v) is 9.00. The maximum Gasteiger partial charge on any atom is 0.243 e. The van der Waals surface area contributed by atoms with Gasteiger partial charge >= 0.3 is 0 Å². The largest absolute Gasteiger partial charge is 0.327 e. The van der Waals surface area contributed by atoms with Gasteiger partial charge in [0.15, 0.2) is 0 Å². The number of likely N-dealkylation sites (tertiary alicyclic amines) is 1. The second-order valence-corrected chi connectivity index (χ2v) is 11.2. The van der Waals surface area contributed by atoms with E-state index in [1.54, 1.807) is 0 Å². The monoisotopic (exact) mass is 503 g/mol. The molecule has 1 aliphatic rings. The molecule has 5 nitrogen and oxygen atoms in total. The van der Waals surface area contributed by atoms with E-state index in [1.165, 1.54) is 0 Å². The average Bonchev–Trinajstić information content (AvgIpc) is 3.41. The van der Waals surface area contributed by atoms with Crippen LogP contribution < -0.4 is 5.09 Å². The Kier molecular flexibility index (Phi) is 8.92. The Labute approximate surface area is 217 Å². The zero-order chi connectivity index (χ0) is 25.5. The molecule has 0 bridgehead atoms. The Morgan fingerprint density at radius 1 is 0.972 bits per heavy atom. The van der Waals surface area contributed by atoms with Crippen molar-refractivity contribution in [3.05, 3.63) is 108 Å². The molecule has 1 amide bonds. The van der Waals surface area contributed by atoms with E-state index in [4.69, 9.17) is 4.52 Å². The lowest BCUT2D eigenvalue weighted by atomic mass is 9.75. The lowest BCUT2D eigenvalue weighted by Crippen LogP contribution is -2.54. The quantitative estimate of drug-likeness (QED) is 0.266. The van der Waals surface area contributed by atoms with Crippen molar-refractivity contribution in [1.82, 2.24) is 14.7 Å². The van der Waals surface area contributed by atoms with Crippen LogP contribution in [0.25, 0.3) is 0 Å². The van der Waals surface area contributed by atoms with Crippen LogP contribution >= 0.6 is 8.45 Å². The fourth-order valence-corrected chi connectivity index (χ4v) is 6.59. The van der Waals surface area contributed by atoms with Crippen molar-refractivity contribution >= 4 is 14.4 Å². The third kappa shape index (κ3) is 5.26. The highest BCUT2D eigenvalue weighted by Crippen LogP contribution is 2.46. The molecule has 1 saturated heterocycles. The van der Waals surface area contributed by atoms with Gasteiger partial charge in [-0.15, -0.1) is 0 Å². The highest BCUT2D eigenvalue weighted by Gasteiger charge is 2.49. The summed E-state index contributed by atoms with van der Waals surface area (Å²) in [6.07, 6.45) is 1.76. The minimum Gasteiger partial charge on any atom is -0.327 e. The van der Waals surface area contributed by atoms with Crippen LogP contribution in [-0.2, 0) is 14.9 Å². The summed E-state index contributed by atoms with van der Waals surface area (Å²) in [5, 5.41) is 3.29. The summed E-state index contributed by atoms with van der Waals surface area (Å²) in [7, 11) is 0.787. The molecule has 1 N–H and O–H groups in total.